The van der Waals surface area contributed by atoms with Crippen molar-refractivity contribution in [2.24, 2.45) is 0 Å². The Kier molecular flexibility index (Phi) is 6.82. The molecule has 1 heterocycles. The molecule has 2 aromatic rings. The lowest BCUT2D eigenvalue weighted by Gasteiger charge is -2.35. The van der Waals surface area contributed by atoms with Crippen molar-refractivity contribution < 1.29 is 9.59 Å². The highest BCUT2D eigenvalue weighted by Crippen LogP contribution is 2.16. The molecule has 0 spiro atoms. The summed E-state index contributed by atoms with van der Waals surface area (Å²) >= 11 is 0. The van der Waals surface area contributed by atoms with Gasteiger partial charge in [0.25, 0.3) is 0 Å². The first-order chi connectivity index (χ1) is 14.0. The van der Waals surface area contributed by atoms with E-state index >= 15 is 0 Å². The van der Waals surface area contributed by atoms with Crippen LogP contribution >= 0.6 is 0 Å². The van der Waals surface area contributed by atoms with Crippen LogP contribution < -0.4 is 16.0 Å². The molecule has 0 radical (unpaired) electrons. The van der Waals surface area contributed by atoms with Crippen LogP contribution in [0.15, 0.2) is 54.6 Å². The van der Waals surface area contributed by atoms with Gasteiger partial charge in [-0.2, -0.15) is 5.26 Å². The van der Waals surface area contributed by atoms with Gasteiger partial charge in [0.2, 0.25) is 5.91 Å². The number of carbonyl (C=O) groups excluding carboxylic acids is 2. The number of piperidine rings is 1. The smallest absolute Gasteiger partial charge is 0.319 e. The SMILES string of the molecule is CC(C(=O)Nc1cccc(C#N)c1)N1CCC(NC(=O)Nc2ccccc2)CC1. The van der Waals surface area contributed by atoms with Crippen LogP contribution in [0, 0.1) is 11.3 Å². The second-order valence-electron chi connectivity index (χ2n) is 7.13. The number of amides is 3. The maximum absolute atomic E-state index is 12.6. The Hall–Kier alpha value is -3.37. The van der Waals surface area contributed by atoms with E-state index in [1.54, 1.807) is 24.3 Å². The molecule has 1 unspecified atom stereocenters. The predicted octanol–water partition coefficient (Wildman–Crippen LogP) is 3.17. The minimum absolute atomic E-state index is 0.0810. The van der Waals surface area contributed by atoms with Crippen LogP contribution in [-0.4, -0.2) is 42.0 Å². The summed E-state index contributed by atoms with van der Waals surface area (Å²) < 4.78 is 0. The number of nitrogens with one attached hydrogen (secondary N) is 3. The van der Waals surface area contributed by atoms with E-state index < -0.39 is 0 Å². The molecule has 7 heteroatoms. The molecule has 0 aromatic heterocycles. The summed E-state index contributed by atoms with van der Waals surface area (Å²) in [5.41, 5.74) is 1.89. The third-order valence-corrected chi connectivity index (χ3v) is 5.08. The molecule has 3 amide bonds. The van der Waals surface area contributed by atoms with E-state index in [1.165, 1.54) is 0 Å². The van der Waals surface area contributed by atoms with E-state index in [9.17, 15) is 9.59 Å². The number of anilines is 2. The lowest BCUT2D eigenvalue weighted by atomic mass is 10.0. The first-order valence-electron chi connectivity index (χ1n) is 9.73. The van der Waals surface area contributed by atoms with Crippen LogP contribution in [0.1, 0.15) is 25.3 Å². The van der Waals surface area contributed by atoms with Gasteiger partial charge in [0, 0.05) is 30.5 Å². The van der Waals surface area contributed by atoms with Gasteiger partial charge in [-0.05, 0) is 50.1 Å². The number of hydrogen-bond donors (Lipinski definition) is 3. The van der Waals surface area contributed by atoms with Crippen molar-refractivity contribution in [2.75, 3.05) is 23.7 Å². The van der Waals surface area contributed by atoms with E-state index in [0.29, 0.717) is 11.3 Å². The van der Waals surface area contributed by atoms with Gasteiger partial charge in [-0.3, -0.25) is 9.69 Å². The van der Waals surface area contributed by atoms with Gasteiger partial charge >= 0.3 is 6.03 Å². The summed E-state index contributed by atoms with van der Waals surface area (Å²) in [7, 11) is 0. The Morgan fingerprint density at radius 1 is 1.03 bits per heavy atom. The maximum atomic E-state index is 12.6. The molecule has 1 saturated heterocycles. The van der Waals surface area contributed by atoms with E-state index in [1.807, 2.05) is 37.3 Å². The Morgan fingerprint density at radius 2 is 1.72 bits per heavy atom. The molecular weight excluding hydrogens is 366 g/mol. The first kappa shape index (κ1) is 20.4. The molecule has 0 bridgehead atoms. The maximum Gasteiger partial charge on any atom is 0.319 e. The van der Waals surface area contributed by atoms with Crippen LogP contribution in [0.3, 0.4) is 0 Å². The molecular formula is C22H25N5O2. The van der Waals surface area contributed by atoms with Crippen LogP contribution in [0.4, 0.5) is 16.2 Å². The summed E-state index contributed by atoms with van der Waals surface area (Å²) in [5.74, 6) is -0.103. The quantitative estimate of drug-likeness (QED) is 0.729. The van der Waals surface area contributed by atoms with E-state index in [4.69, 9.17) is 5.26 Å². The Bertz CT molecular complexity index is 886. The highest BCUT2D eigenvalue weighted by Gasteiger charge is 2.27. The summed E-state index contributed by atoms with van der Waals surface area (Å²) in [5, 5.41) is 17.7. The van der Waals surface area contributed by atoms with E-state index in [0.717, 1.165) is 31.6 Å². The van der Waals surface area contributed by atoms with Crippen molar-refractivity contribution in [3.63, 3.8) is 0 Å². The third-order valence-electron chi connectivity index (χ3n) is 5.08. The monoisotopic (exact) mass is 391 g/mol. The fraction of sp³-hybridized carbons (Fsp3) is 0.318. The standard InChI is InChI=1S/C22H25N5O2/c1-16(21(28)24-20-9-5-6-17(14-20)15-23)27-12-10-19(11-13-27)26-22(29)25-18-7-3-2-4-8-18/h2-9,14,16,19H,10-13H2,1H3,(H,24,28)(H2,25,26,29). The largest absolute Gasteiger partial charge is 0.335 e. The molecule has 2 aromatic carbocycles. The number of carbonyl (C=O) groups is 2. The van der Waals surface area contributed by atoms with E-state index in [2.05, 4.69) is 26.9 Å². The summed E-state index contributed by atoms with van der Waals surface area (Å²) in [6.45, 7) is 3.32. The van der Waals surface area contributed by atoms with Crippen LogP contribution in [0.2, 0.25) is 0 Å². The van der Waals surface area contributed by atoms with Gasteiger partial charge < -0.3 is 16.0 Å². The lowest BCUT2D eigenvalue weighted by molar-refractivity contribution is -0.121. The van der Waals surface area contributed by atoms with Crippen molar-refractivity contribution in [1.82, 2.24) is 10.2 Å². The molecule has 1 aliphatic rings. The van der Waals surface area contributed by atoms with Gasteiger partial charge in [-0.1, -0.05) is 24.3 Å². The number of para-hydroxylation sites is 1. The average molecular weight is 391 g/mol. The lowest BCUT2D eigenvalue weighted by Crippen LogP contribution is -2.51. The zero-order valence-corrected chi connectivity index (χ0v) is 16.4. The molecule has 3 N–H and O–H groups in total. The Balaban J connectivity index is 1.45. The Morgan fingerprint density at radius 3 is 2.41 bits per heavy atom. The number of benzene rings is 2. The van der Waals surface area contributed by atoms with Gasteiger partial charge in [-0.25, -0.2) is 4.79 Å². The molecule has 150 valence electrons. The molecule has 0 aliphatic carbocycles. The molecule has 0 saturated carbocycles. The van der Waals surface area contributed by atoms with Crippen molar-refractivity contribution in [3.8, 4) is 6.07 Å². The third kappa shape index (κ3) is 5.80. The minimum Gasteiger partial charge on any atom is -0.335 e. The number of likely N-dealkylation sites (tertiary alicyclic amines) is 1. The Labute approximate surface area is 170 Å². The second-order valence-corrected chi connectivity index (χ2v) is 7.13. The number of hydrogen-bond acceptors (Lipinski definition) is 4. The highest BCUT2D eigenvalue weighted by molar-refractivity contribution is 5.94. The van der Waals surface area contributed by atoms with Gasteiger partial charge in [0.15, 0.2) is 0 Å². The first-order valence-corrected chi connectivity index (χ1v) is 9.73. The normalized spacial score (nSPS) is 15.7. The molecule has 1 atom stereocenters. The molecule has 3 rings (SSSR count). The summed E-state index contributed by atoms with van der Waals surface area (Å²) in [4.78, 5) is 26.8. The minimum atomic E-state index is -0.292. The average Bonchev–Trinajstić information content (AvgIpc) is 2.74. The molecule has 1 aliphatic heterocycles. The number of rotatable bonds is 5. The van der Waals surface area contributed by atoms with Crippen LogP contribution in [-0.2, 0) is 4.79 Å². The number of nitrogens with zero attached hydrogens (tertiary/aromatic N) is 2. The predicted molar refractivity (Wildman–Crippen MR) is 112 cm³/mol. The molecule has 29 heavy (non-hydrogen) atoms. The zero-order chi connectivity index (χ0) is 20.6. The number of urea groups is 1. The second kappa shape index (κ2) is 9.71. The summed E-state index contributed by atoms with van der Waals surface area (Å²) in [6.07, 6.45) is 1.56. The topological polar surface area (TPSA) is 97.3 Å². The fourth-order valence-electron chi connectivity index (χ4n) is 3.38. The van der Waals surface area contributed by atoms with Crippen molar-refractivity contribution >= 4 is 23.3 Å². The highest BCUT2D eigenvalue weighted by atomic mass is 16.2. The molecule has 7 nitrogen and oxygen atoms in total. The van der Waals surface area contributed by atoms with Crippen LogP contribution in [0.5, 0.6) is 0 Å². The zero-order valence-electron chi connectivity index (χ0n) is 16.4. The summed E-state index contributed by atoms with van der Waals surface area (Å²) in [6, 6.07) is 17.8. The van der Waals surface area contributed by atoms with Gasteiger partial charge in [0.05, 0.1) is 17.7 Å². The van der Waals surface area contributed by atoms with E-state index in [-0.39, 0.29) is 24.0 Å². The van der Waals surface area contributed by atoms with Gasteiger partial charge in [-0.15, -0.1) is 0 Å². The number of nitriles is 1. The van der Waals surface area contributed by atoms with Crippen LogP contribution in [0.25, 0.3) is 0 Å². The fourth-order valence-corrected chi connectivity index (χ4v) is 3.38. The van der Waals surface area contributed by atoms with Gasteiger partial charge in [0.1, 0.15) is 0 Å². The molecule has 1 fully saturated rings. The van der Waals surface area contributed by atoms with Crippen molar-refractivity contribution in [2.45, 2.75) is 31.8 Å². The van der Waals surface area contributed by atoms with Crippen molar-refractivity contribution in [3.05, 3.63) is 60.2 Å². The van der Waals surface area contributed by atoms with Crippen molar-refractivity contribution in [1.29, 1.82) is 5.26 Å².